The van der Waals surface area contributed by atoms with E-state index in [0.717, 1.165) is 22.9 Å². The zero-order valence-corrected chi connectivity index (χ0v) is 22.5. The lowest BCUT2D eigenvalue weighted by Crippen LogP contribution is -2.34. The van der Waals surface area contributed by atoms with E-state index in [1.54, 1.807) is 6.07 Å². The molecule has 0 radical (unpaired) electrons. The van der Waals surface area contributed by atoms with Crippen molar-refractivity contribution >= 4 is 17.6 Å². The second-order valence-electron chi connectivity index (χ2n) is 10.7. The van der Waals surface area contributed by atoms with Crippen LogP contribution in [0.4, 0.5) is 26.3 Å². The third kappa shape index (κ3) is 5.31. The smallest absolute Gasteiger partial charge is 0.366 e. The van der Waals surface area contributed by atoms with Crippen LogP contribution in [0.1, 0.15) is 61.7 Å². The Hall–Kier alpha value is -5.01. The number of hydrogen-bond donors (Lipinski definition) is 2. The van der Waals surface area contributed by atoms with Gasteiger partial charge in [0.15, 0.2) is 11.5 Å². The second kappa shape index (κ2) is 10.6. The summed E-state index contributed by atoms with van der Waals surface area (Å²) in [5, 5.41) is 6.21. The van der Waals surface area contributed by atoms with Crippen molar-refractivity contribution in [3.05, 3.63) is 106 Å². The molecule has 2 aromatic carbocycles. The minimum Gasteiger partial charge on any atom is -0.366 e. The molecule has 2 aromatic heterocycles. The number of nitrogens with one attached hydrogen (secondary N) is 1. The number of hydrogen-bond acceptors (Lipinski definition) is 5. The van der Waals surface area contributed by atoms with E-state index in [1.165, 1.54) is 24.4 Å². The molecule has 1 saturated carbocycles. The van der Waals surface area contributed by atoms with Gasteiger partial charge in [0.2, 0.25) is 5.91 Å². The fraction of sp³-hybridized carbons (Fsp3) is 0.233. The number of Topliss-reactive ketones (excluding diaryl/α,β-unsaturated/α-hetero) is 1. The molecule has 3 N–H and O–H groups in total. The van der Waals surface area contributed by atoms with Crippen LogP contribution in [0, 0.1) is 23.4 Å². The maximum atomic E-state index is 14.2. The van der Waals surface area contributed by atoms with Crippen molar-refractivity contribution in [2.24, 2.45) is 11.7 Å². The van der Waals surface area contributed by atoms with Gasteiger partial charge in [0.1, 0.15) is 29.7 Å². The number of carbonyl (C=O) groups is 3. The number of halogens is 6. The van der Waals surface area contributed by atoms with Gasteiger partial charge in [0.05, 0.1) is 17.3 Å². The molecule has 1 fully saturated rings. The Labute approximate surface area is 244 Å². The van der Waals surface area contributed by atoms with Crippen molar-refractivity contribution in [1.82, 2.24) is 20.1 Å². The van der Waals surface area contributed by atoms with E-state index in [-0.39, 0.29) is 34.5 Å². The number of rotatable bonds is 8. The van der Waals surface area contributed by atoms with E-state index in [2.05, 4.69) is 15.4 Å². The van der Waals surface area contributed by atoms with Crippen LogP contribution in [0.2, 0.25) is 0 Å². The zero-order valence-electron chi connectivity index (χ0n) is 22.5. The number of amides is 2. The highest BCUT2D eigenvalue weighted by atomic mass is 19.4. The molecular weight excluding hydrogens is 592 g/mol. The second-order valence-corrected chi connectivity index (χ2v) is 10.7. The lowest BCUT2D eigenvalue weighted by Gasteiger charge is -2.22. The normalized spacial score (nSPS) is 17.6. The molecule has 2 aliphatic rings. The van der Waals surface area contributed by atoms with E-state index in [1.807, 2.05) is 0 Å². The Balaban J connectivity index is 1.37. The van der Waals surface area contributed by atoms with Crippen LogP contribution >= 0.6 is 0 Å². The summed E-state index contributed by atoms with van der Waals surface area (Å²) in [6, 6.07) is 8.20. The summed E-state index contributed by atoms with van der Waals surface area (Å²) >= 11 is 0. The molecule has 226 valence electrons. The average Bonchev–Trinajstić information content (AvgIpc) is 3.56. The molecule has 44 heavy (non-hydrogen) atoms. The van der Waals surface area contributed by atoms with Gasteiger partial charge in [-0.05, 0) is 60.2 Å². The Morgan fingerprint density at radius 2 is 1.77 bits per heavy atom. The van der Waals surface area contributed by atoms with Crippen LogP contribution in [0.15, 0.2) is 54.7 Å². The molecule has 2 unspecified atom stereocenters. The third-order valence-corrected chi connectivity index (χ3v) is 7.69. The van der Waals surface area contributed by atoms with E-state index in [0.29, 0.717) is 18.1 Å². The Morgan fingerprint density at radius 3 is 2.45 bits per heavy atom. The monoisotopic (exact) mass is 613 g/mol. The molecule has 14 heteroatoms. The summed E-state index contributed by atoms with van der Waals surface area (Å²) < 4.78 is 84.3. The number of pyridine rings is 1. The number of primary amides is 1. The molecule has 3 atom stereocenters. The molecular formula is C30H21F6N5O3. The minimum absolute atomic E-state index is 0.107. The summed E-state index contributed by atoms with van der Waals surface area (Å²) in [6.07, 6.45) is -3.41. The van der Waals surface area contributed by atoms with Crippen LogP contribution in [0.3, 0.4) is 0 Å². The lowest BCUT2D eigenvalue weighted by atomic mass is 9.94. The quantitative estimate of drug-likeness (QED) is 0.275. The van der Waals surface area contributed by atoms with E-state index < -0.39 is 76.9 Å². The van der Waals surface area contributed by atoms with Crippen LogP contribution < -0.4 is 11.1 Å². The predicted molar refractivity (Wildman–Crippen MR) is 142 cm³/mol. The Kier molecular flexibility index (Phi) is 7.01. The van der Waals surface area contributed by atoms with Crippen molar-refractivity contribution in [3.63, 3.8) is 0 Å². The summed E-state index contributed by atoms with van der Waals surface area (Å²) in [5.41, 5.74) is 4.01. The molecule has 2 amide bonds. The molecule has 0 bridgehead atoms. The van der Waals surface area contributed by atoms with Crippen molar-refractivity contribution in [3.8, 4) is 11.1 Å². The Morgan fingerprint density at radius 1 is 1.05 bits per heavy atom. The molecule has 8 nitrogen and oxygen atoms in total. The van der Waals surface area contributed by atoms with E-state index in [9.17, 15) is 40.7 Å². The van der Waals surface area contributed by atoms with Gasteiger partial charge in [0.25, 0.3) is 5.91 Å². The van der Waals surface area contributed by atoms with Crippen LogP contribution in [-0.4, -0.2) is 32.4 Å². The van der Waals surface area contributed by atoms with Gasteiger partial charge in [0, 0.05) is 29.3 Å². The number of nitrogens with two attached hydrogens (primary N) is 1. The number of ketones is 1. The highest BCUT2D eigenvalue weighted by Crippen LogP contribution is 2.58. The van der Waals surface area contributed by atoms with Crippen molar-refractivity contribution in [2.45, 2.75) is 37.5 Å². The summed E-state index contributed by atoms with van der Waals surface area (Å²) in [5.74, 6) is -6.21. The van der Waals surface area contributed by atoms with Gasteiger partial charge < -0.3 is 11.1 Å². The third-order valence-electron chi connectivity index (χ3n) is 7.69. The van der Waals surface area contributed by atoms with Crippen LogP contribution in [0.25, 0.3) is 11.1 Å². The number of carbonyl (C=O) groups excluding carboxylic acids is 3. The van der Waals surface area contributed by atoms with Crippen molar-refractivity contribution < 1.29 is 40.7 Å². The van der Waals surface area contributed by atoms with E-state index >= 15 is 0 Å². The van der Waals surface area contributed by atoms with Gasteiger partial charge in [-0.2, -0.15) is 18.3 Å². The van der Waals surface area contributed by atoms with Gasteiger partial charge in [-0.3, -0.25) is 24.0 Å². The number of aromatic nitrogens is 3. The lowest BCUT2D eigenvalue weighted by molar-refractivity contribution is -0.142. The summed E-state index contributed by atoms with van der Waals surface area (Å²) in [6.45, 7) is -0.762. The van der Waals surface area contributed by atoms with Gasteiger partial charge >= 0.3 is 6.18 Å². The molecule has 2 aliphatic carbocycles. The van der Waals surface area contributed by atoms with Gasteiger partial charge in [-0.15, -0.1) is 0 Å². The fourth-order valence-electron chi connectivity index (χ4n) is 5.77. The SMILES string of the molecule is NC(=O)c1cc(-c2cccnc2[C@H](Cc2cc(F)cc(F)c2)NC(=O)Cn2nc(C(F)(F)F)c3c2C(=O)C2CC32)ccc1F. The zero-order chi connectivity index (χ0) is 31.5. The summed E-state index contributed by atoms with van der Waals surface area (Å²) in [4.78, 5) is 42.2. The van der Waals surface area contributed by atoms with Gasteiger partial charge in [-0.1, -0.05) is 12.1 Å². The number of fused-ring (bicyclic) bond motifs is 3. The summed E-state index contributed by atoms with van der Waals surface area (Å²) in [7, 11) is 0. The minimum atomic E-state index is -4.84. The molecule has 0 aliphatic heterocycles. The molecule has 0 spiro atoms. The number of nitrogens with zero attached hydrogens (tertiary/aromatic N) is 3. The molecule has 0 saturated heterocycles. The first-order chi connectivity index (χ1) is 20.8. The largest absolute Gasteiger partial charge is 0.435 e. The first-order valence-corrected chi connectivity index (χ1v) is 13.3. The standard InChI is InChI=1S/C30H21F6N5O3/c31-15-6-13(7-16(32)10-15)8-22(25-17(2-1-5-38-25)14-3-4-21(33)20(9-14)29(37)44)39-23(42)12-41-26-24(18-11-19(18)27(26)43)28(40-41)30(34,35)36/h1-7,9-10,18-19,22H,8,11-12H2,(H2,37,44)(H,39,42)/t18?,19?,22-/m0/s1. The predicted octanol–water partition coefficient (Wildman–Crippen LogP) is 4.88. The highest BCUT2D eigenvalue weighted by molar-refractivity contribution is 6.05. The van der Waals surface area contributed by atoms with Crippen LogP contribution in [0.5, 0.6) is 0 Å². The first-order valence-electron chi connectivity index (χ1n) is 13.3. The fourth-order valence-corrected chi connectivity index (χ4v) is 5.77. The van der Waals surface area contributed by atoms with Gasteiger partial charge in [-0.25, -0.2) is 13.2 Å². The first kappa shape index (κ1) is 29.1. The van der Waals surface area contributed by atoms with Crippen molar-refractivity contribution in [2.75, 3.05) is 0 Å². The average molecular weight is 614 g/mol. The Bertz CT molecular complexity index is 1830. The maximum Gasteiger partial charge on any atom is 0.435 e. The number of alkyl halides is 3. The van der Waals surface area contributed by atoms with E-state index in [4.69, 9.17) is 5.73 Å². The highest BCUT2D eigenvalue weighted by Gasteiger charge is 2.58. The topological polar surface area (TPSA) is 120 Å². The maximum absolute atomic E-state index is 14.2. The van der Waals surface area contributed by atoms with Crippen LogP contribution in [-0.2, 0) is 23.9 Å². The molecule has 6 rings (SSSR count). The molecule has 4 aromatic rings. The molecule has 2 heterocycles. The van der Waals surface area contributed by atoms with Crippen molar-refractivity contribution in [1.29, 1.82) is 0 Å². The number of benzene rings is 2.